The van der Waals surface area contributed by atoms with Crippen molar-refractivity contribution in [3.05, 3.63) is 54.5 Å². The van der Waals surface area contributed by atoms with E-state index in [-0.39, 0.29) is 16.8 Å². The summed E-state index contributed by atoms with van der Waals surface area (Å²) in [7, 11) is 0. The molecule has 1 N–H and O–H groups in total. The summed E-state index contributed by atoms with van der Waals surface area (Å²) in [6.07, 6.45) is 2.93. The first kappa shape index (κ1) is 17.5. The smallest absolute Gasteiger partial charge is 0.139 e. The molecular formula is C21H26FN3. The monoisotopic (exact) mass is 339 g/mol. The van der Waals surface area contributed by atoms with Crippen LogP contribution in [-0.2, 0) is 0 Å². The fraction of sp³-hybridized carbons (Fsp3) is 0.381. The molecule has 4 heteroatoms. The minimum atomic E-state index is -0.261. The van der Waals surface area contributed by atoms with Gasteiger partial charge in [-0.2, -0.15) is 0 Å². The van der Waals surface area contributed by atoms with Gasteiger partial charge in [0.15, 0.2) is 0 Å². The molecule has 0 amide bonds. The number of benzene rings is 1. The van der Waals surface area contributed by atoms with Gasteiger partial charge in [0, 0.05) is 17.3 Å². The van der Waals surface area contributed by atoms with Crippen molar-refractivity contribution in [2.24, 2.45) is 5.41 Å². The Balaban J connectivity index is 2.13. The molecule has 0 fully saturated rings. The normalized spacial score (nSPS) is 12.6. The van der Waals surface area contributed by atoms with Crippen molar-refractivity contribution in [1.29, 1.82) is 0 Å². The topological polar surface area (TPSA) is 29.3 Å². The Kier molecular flexibility index (Phi) is 4.31. The lowest BCUT2D eigenvalue weighted by atomic mass is 9.82. The lowest BCUT2D eigenvalue weighted by molar-refractivity contribution is 0.302. The molecule has 3 nitrogen and oxygen atoms in total. The third-order valence-corrected chi connectivity index (χ3v) is 4.09. The van der Waals surface area contributed by atoms with Crippen molar-refractivity contribution in [2.75, 3.05) is 5.32 Å². The zero-order valence-corrected chi connectivity index (χ0v) is 15.6. The number of aromatic nitrogens is 2. The second-order valence-corrected chi connectivity index (χ2v) is 8.46. The van der Waals surface area contributed by atoms with Crippen molar-refractivity contribution in [1.82, 2.24) is 9.38 Å². The van der Waals surface area contributed by atoms with Gasteiger partial charge in [-0.25, -0.2) is 9.37 Å². The van der Waals surface area contributed by atoms with Gasteiger partial charge in [0.1, 0.15) is 23.0 Å². The Labute approximate surface area is 148 Å². The molecule has 2 heterocycles. The molecule has 3 rings (SSSR count). The molecule has 3 aromatic rings. The van der Waals surface area contributed by atoms with Crippen molar-refractivity contribution >= 4 is 11.5 Å². The molecule has 0 saturated heterocycles. The Morgan fingerprint density at radius 1 is 1.00 bits per heavy atom. The molecule has 0 spiro atoms. The van der Waals surface area contributed by atoms with E-state index < -0.39 is 0 Å². The quantitative estimate of drug-likeness (QED) is 0.654. The van der Waals surface area contributed by atoms with E-state index in [1.54, 1.807) is 12.1 Å². The standard InChI is InChI=1S/C21H26FN3/c1-20(2,3)14-21(4,5)24-19-18(15-10-6-7-11-16(15)22)23-17-12-8-9-13-25(17)19/h6-13,24H,14H2,1-5H3. The zero-order valence-electron chi connectivity index (χ0n) is 15.6. The first-order valence-electron chi connectivity index (χ1n) is 8.66. The van der Waals surface area contributed by atoms with Crippen LogP contribution in [0.2, 0.25) is 0 Å². The first-order valence-corrected chi connectivity index (χ1v) is 8.66. The van der Waals surface area contributed by atoms with Crippen LogP contribution in [-0.4, -0.2) is 14.9 Å². The highest BCUT2D eigenvalue weighted by molar-refractivity contribution is 5.77. The van der Waals surface area contributed by atoms with Gasteiger partial charge in [0.25, 0.3) is 0 Å². The maximum Gasteiger partial charge on any atom is 0.139 e. The number of pyridine rings is 1. The average Bonchev–Trinajstić information content (AvgIpc) is 2.83. The number of nitrogens with one attached hydrogen (secondary N) is 1. The van der Waals surface area contributed by atoms with Gasteiger partial charge in [-0.3, -0.25) is 4.40 Å². The summed E-state index contributed by atoms with van der Waals surface area (Å²) in [5.41, 5.74) is 1.97. The van der Waals surface area contributed by atoms with Gasteiger partial charge in [0.05, 0.1) is 0 Å². The summed E-state index contributed by atoms with van der Waals surface area (Å²) in [6, 6.07) is 12.6. The Hall–Kier alpha value is -2.36. The van der Waals surface area contributed by atoms with Crippen LogP contribution < -0.4 is 5.32 Å². The molecular weight excluding hydrogens is 313 g/mol. The van der Waals surface area contributed by atoms with E-state index in [2.05, 4.69) is 44.9 Å². The van der Waals surface area contributed by atoms with E-state index >= 15 is 0 Å². The SMILES string of the molecule is CC(C)(C)CC(C)(C)Nc1c(-c2ccccc2F)nc2ccccn12. The number of hydrogen-bond donors (Lipinski definition) is 1. The van der Waals surface area contributed by atoms with Crippen LogP contribution in [0.1, 0.15) is 41.0 Å². The Morgan fingerprint density at radius 2 is 1.68 bits per heavy atom. The second-order valence-electron chi connectivity index (χ2n) is 8.46. The van der Waals surface area contributed by atoms with Gasteiger partial charge in [0.2, 0.25) is 0 Å². The largest absolute Gasteiger partial charge is 0.364 e. The van der Waals surface area contributed by atoms with Crippen molar-refractivity contribution in [3.63, 3.8) is 0 Å². The number of fused-ring (bicyclic) bond motifs is 1. The van der Waals surface area contributed by atoms with Crippen molar-refractivity contribution in [3.8, 4) is 11.3 Å². The molecule has 0 saturated carbocycles. The molecule has 0 aliphatic heterocycles. The van der Waals surface area contributed by atoms with E-state index in [1.165, 1.54) is 6.07 Å². The number of imidazole rings is 1. The summed E-state index contributed by atoms with van der Waals surface area (Å²) in [5.74, 6) is 0.567. The van der Waals surface area contributed by atoms with Crippen LogP contribution in [0.3, 0.4) is 0 Å². The maximum absolute atomic E-state index is 14.4. The van der Waals surface area contributed by atoms with Gasteiger partial charge >= 0.3 is 0 Å². The minimum absolute atomic E-state index is 0.163. The lowest BCUT2D eigenvalue weighted by Gasteiger charge is -2.34. The average molecular weight is 339 g/mol. The van der Waals surface area contributed by atoms with Crippen molar-refractivity contribution in [2.45, 2.75) is 46.6 Å². The van der Waals surface area contributed by atoms with E-state index in [0.717, 1.165) is 17.9 Å². The second kappa shape index (κ2) is 6.17. The fourth-order valence-electron chi connectivity index (χ4n) is 3.65. The van der Waals surface area contributed by atoms with Crippen LogP contribution in [0.5, 0.6) is 0 Å². The molecule has 132 valence electrons. The van der Waals surface area contributed by atoms with E-state index in [1.807, 2.05) is 34.9 Å². The number of anilines is 1. The van der Waals surface area contributed by atoms with Crippen LogP contribution in [0.15, 0.2) is 48.7 Å². The first-order chi connectivity index (χ1) is 11.7. The number of hydrogen-bond acceptors (Lipinski definition) is 2. The highest BCUT2D eigenvalue weighted by Crippen LogP contribution is 2.35. The maximum atomic E-state index is 14.4. The highest BCUT2D eigenvalue weighted by atomic mass is 19.1. The molecule has 25 heavy (non-hydrogen) atoms. The van der Waals surface area contributed by atoms with Crippen LogP contribution in [0.25, 0.3) is 16.9 Å². The molecule has 0 radical (unpaired) electrons. The zero-order chi connectivity index (χ0) is 18.2. The van der Waals surface area contributed by atoms with Crippen LogP contribution in [0.4, 0.5) is 10.2 Å². The van der Waals surface area contributed by atoms with E-state index in [0.29, 0.717) is 11.3 Å². The molecule has 0 aliphatic carbocycles. The molecule has 2 aromatic heterocycles. The van der Waals surface area contributed by atoms with Gasteiger partial charge in [-0.05, 0) is 49.9 Å². The third-order valence-electron chi connectivity index (χ3n) is 4.09. The predicted octanol–water partition coefficient (Wildman–Crippen LogP) is 5.77. The van der Waals surface area contributed by atoms with Gasteiger partial charge < -0.3 is 5.32 Å². The van der Waals surface area contributed by atoms with Crippen LogP contribution >= 0.6 is 0 Å². The number of halogens is 1. The summed E-state index contributed by atoms with van der Waals surface area (Å²) >= 11 is 0. The molecule has 1 aromatic carbocycles. The third kappa shape index (κ3) is 3.84. The van der Waals surface area contributed by atoms with E-state index in [4.69, 9.17) is 0 Å². The highest BCUT2D eigenvalue weighted by Gasteiger charge is 2.28. The van der Waals surface area contributed by atoms with E-state index in [9.17, 15) is 4.39 Å². The minimum Gasteiger partial charge on any atom is -0.364 e. The summed E-state index contributed by atoms with van der Waals surface area (Å²) in [5, 5.41) is 3.63. The predicted molar refractivity (Wildman–Crippen MR) is 102 cm³/mol. The fourth-order valence-corrected chi connectivity index (χ4v) is 3.65. The van der Waals surface area contributed by atoms with Crippen LogP contribution in [0, 0.1) is 11.2 Å². The number of nitrogens with zero attached hydrogens (tertiary/aromatic N) is 2. The lowest BCUT2D eigenvalue weighted by Crippen LogP contribution is -2.36. The van der Waals surface area contributed by atoms with Gasteiger partial charge in [-0.15, -0.1) is 0 Å². The molecule has 0 bridgehead atoms. The molecule has 0 aliphatic rings. The summed E-state index contributed by atoms with van der Waals surface area (Å²) in [6.45, 7) is 11.0. The van der Waals surface area contributed by atoms with Crippen molar-refractivity contribution < 1.29 is 4.39 Å². The summed E-state index contributed by atoms with van der Waals surface area (Å²) in [4.78, 5) is 4.68. The van der Waals surface area contributed by atoms with Gasteiger partial charge in [-0.1, -0.05) is 39.0 Å². The Morgan fingerprint density at radius 3 is 2.36 bits per heavy atom. The molecule has 0 atom stereocenters. The number of rotatable bonds is 4. The molecule has 0 unspecified atom stereocenters. The Bertz CT molecular complexity index is 888. The summed E-state index contributed by atoms with van der Waals surface area (Å²) < 4.78 is 16.4.